The summed E-state index contributed by atoms with van der Waals surface area (Å²) in [4.78, 5) is 32.0. The summed E-state index contributed by atoms with van der Waals surface area (Å²) in [7, 11) is 0. The number of nitrogens with zero attached hydrogens (tertiary/aromatic N) is 2. The Labute approximate surface area is 181 Å². The van der Waals surface area contributed by atoms with Gasteiger partial charge in [0.05, 0.1) is 34.4 Å². The standard InChI is InChI=1S/C23H20N2O5S/c1-13-17(30-23(27)25-9-11-28-12-10-25)8-7-15-20(26)19(14(2)29-21(13)15)22-24-16-5-3-4-6-18(16)31-22/h3-8H,9-12H2,1-2H3. The molecule has 8 heteroatoms. The van der Waals surface area contributed by atoms with Crippen molar-refractivity contribution in [3.63, 3.8) is 0 Å². The summed E-state index contributed by atoms with van der Waals surface area (Å²) in [5.74, 6) is 0.857. The highest BCUT2D eigenvalue weighted by Crippen LogP contribution is 2.33. The van der Waals surface area contributed by atoms with E-state index >= 15 is 0 Å². The fraction of sp³-hybridized carbons (Fsp3) is 0.261. The highest BCUT2D eigenvalue weighted by Gasteiger charge is 2.22. The Hall–Kier alpha value is -3.23. The zero-order chi connectivity index (χ0) is 21.5. The van der Waals surface area contributed by atoms with Crippen LogP contribution in [-0.2, 0) is 4.74 Å². The molecule has 2 aromatic heterocycles. The van der Waals surface area contributed by atoms with Crippen LogP contribution < -0.4 is 10.2 Å². The molecule has 0 aliphatic carbocycles. The van der Waals surface area contributed by atoms with Crippen molar-refractivity contribution in [1.29, 1.82) is 0 Å². The van der Waals surface area contributed by atoms with Gasteiger partial charge in [0.25, 0.3) is 0 Å². The lowest BCUT2D eigenvalue weighted by atomic mass is 10.1. The summed E-state index contributed by atoms with van der Waals surface area (Å²) in [6, 6.07) is 11.1. The maximum Gasteiger partial charge on any atom is 0.415 e. The molecule has 1 amide bonds. The molecule has 1 aliphatic rings. The van der Waals surface area contributed by atoms with Gasteiger partial charge in [0.15, 0.2) is 0 Å². The lowest BCUT2D eigenvalue weighted by molar-refractivity contribution is 0.0415. The normalized spacial score (nSPS) is 14.3. The summed E-state index contributed by atoms with van der Waals surface area (Å²) in [6.07, 6.45) is -0.434. The lowest BCUT2D eigenvalue weighted by Crippen LogP contribution is -2.42. The number of aromatic nitrogens is 1. The quantitative estimate of drug-likeness (QED) is 0.460. The van der Waals surface area contributed by atoms with E-state index in [2.05, 4.69) is 4.98 Å². The number of rotatable bonds is 2. The second-order valence-electron chi connectivity index (χ2n) is 7.38. The van der Waals surface area contributed by atoms with E-state index in [0.717, 1.165) is 10.2 Å². The van der Waals surface area contributed by atoms with Gasteiger partial charge in [-0.2, -0.15) is 0 Å². The van der Waals surface area contributed by atoms with E-state index in [-0.39, 0.29) is 5.43 Å². The lowest BCUT2D eigenvalue weighted by Gasteiger charge is -2.26. The van der Waals surface area contributed by atoms with E-state index in [9.17, 15) is 9.59 Å². The highest BCUT2D eigenvalue weighted by molar-refractivity contribution is 7.21. The maximum atomic E-state index is 13.3. The van der Waals surface area contributed by atoms with E-state index < -0.39 is 6.09 Å². The molecule has 2 aromatic carbocycles. The molecule has 0 bridgehead atoms. The molecular formula is C23H20N2O5S. The van der Waals surface area contributed by atoms with Gasteiger partial charge in [0, 0.05) is 18.7 Å². The number of amides is 1. The third kappa shape index (κ3) is 3.47. The first-order chi connectivity index (χ1) is 15.0. The first-order valence-corrected chi connectivity index (χ1v) is 10.8. The predicted molar refractivity (Wildman–Crippen MR) is 119 cm³/mol. The van der Waals surface area contributed by atoms with Crippen molar-refractivity contribution >= 4 is 38.6 Å². The van der Waals surface area contributed by atoms with Crippen LogP contribution in [0.25, 0.3) is 31.8 Å². The number of hydrogen-bond donors (Lipinski definition) is 0. The predicted octanol–water partition coefficient (Wildman–Crippen LogP) is 4.52. The highest BCUT2D eigenvalue weighted by atomic mass is 32.1. The van der Waals surface area contributed by atoms with Gasteiger partial charge in [0.1, 0.15) is 22.1 Å². The summed E-state index contributed by atoms with van der Waals surface area (Å²) in [5.41, 5.74) is 2.19. The molecule has 1 saturated heterocycles. The van der Waals surface area contributed by atoms with Crippen molar-refractivity contribution in [1.82, 2.24) is 9.88 Å². The minimum Gasteiger partial charge on any atom is -0.460 e. The van der Waals surface area contributed by atoms with Crippen LogP contribution in [0, 0.1) is 13.8 Å². The Morgan fingerprint density at radius 1 is 1.13 bits per heavy atom. The number of thiazole rings is 1. The van der Waals surface area contributed by atoms with Crippen LogP contribution in [0.15, 0.2) is 45.6 Å². The molecule has 0 unspecified atom stereocenters. The summed E-state index contributed by atoms with van der Waals surface area (Å²) in [6.45, 7) is 5.51. The molecule has 4 aromatic rings. The number of hydrogen-bond acceptors (Lipinski definition) is 7. The fourth-order valence-corrected chi connectivity index (χ4v) is 4.78. The summed E-state index contributed by atoms with van der Waals surface area (Å²) < 4.78 is 17.9. The van der Waals surface area contributed by atoms with Crippen LogP contribution in [0.4, 0.5) is 4.79 Å². The van der Waals surface area contributed by atoms with E-state index in [1.807, 2.05) is 24.3 Å². The number of aryl methyl sites for hydroxylation is 2. The Bertz CT molecular complexity index is 1330. The van der Waals surface area contributed by atoms with Crippen molar-refractivity contribution in [2.45, 2.75) is 13.8 Å². The largest absolute Gasteiger partial charge is 0.460 e. The molecule has 31 heavy (non-hydrogen) atoms. The third-order valence-electron chi connectivity index (χ3n) is 5.41. The average molecular weight is 436 g/mol. The number of carbonyl (C=O) groups is 1. The smallest absolute Gasteiger partial charge is 0.415 e. The maximum absolute atomic E-state index is 13.3. The summed E-state index contributed by atoms with van der Waals surface area (Å²) >= 11 is 1.46. The number of benzene rings is 2. The van der Waals surface area contributed by atoms with Crippen LogP contribution in [0.5, 0.6) is 5.75 Å². The van der Waals surface area contributed by atoms with Crippen molar-refractivity contribution < 1.29 is 18.7 Å². The van der Waals surface area contributed by atoms with Gasteiger partial charge in [-0.05, 0) is 38.1 Å². The van der Waals surface area contributed by atoms with Gasteiger partial charge >= 0.3 is 6.09 Å². The molecule has 1 aliphatic heterocycles. The van der Waals surface area contributed by atoms with Gasteiger partial charge < -0.3 is 18.8 Å². The molecule has 0 radical (unpaired) electrons. The minimum atomic E-state index is -0.434. The van der Waals surface area contributed by atoms with Gasteiger partial charge in [0.2, 0.25) is 5.43 Å². The van der Waals surface area contributed by atoms with Crippen molar-refractivity contribution in [3.05, 3.63) is 57.9 Å². The van der Waals surface area contributed by atoms with Gasteiger partial charge in [-0.1, -0.05) is 12.1 Å². The third-order valence-corrected chi connectivity index (χ3v) is 6.46. The molecular weight excluding hydrogens is 416 g/mol. The number of ether oxygens (including phenoxy) is 2. The summed E-state index contributed by atoms with van der Waals surface area (Å²) in [5, 5.41) is 1.07. The van der Waals surface area contributed by atoms with E-state index in [0.29, 0.717) is 64.9 Å². The van der Waals surface area contributed by atoms with Crippen LogP contribution >= 0.6 is 11.3 Å². The number of fused-ring (bicyclic) bond motifs is 2. The Morgan fingerprint density at radius 2 is 1.90 bits per heavy atom. The Kier molecular flexibility index (Phi) is 4.95. The zero-order valence-corrected chi connectivity index (χ0v) is 18.0. The molecule has 3 heterocycles. The second kappa shape index (κ2) is 7.79. The van der Waals surface area contributed by atoms with Crippen LogP contribution in [0.1, 0.15) is 11.3 Å². The first-order valence-electron chi connectivity index (χ1n) is 10.0. The monoisotopic (exact) mass is 436 g/mol. The number of morpholine rings is 1. The molecule has 5 rings (SSSR count). The van der Waals surface area contributed by atoms with Gasteiger partial charge in [-0.25, -0.2) is 9.78 Å². The SMILES string of the molecule is Cc1oc2c(C)c(OC(=O)N3CCOCC3)ccc2c(=O)c1-c1nc2ccccc2s1. The van der Waals surface area contributed by atoms with E-state index in [1.165, 1.54) is 11.3 Å². The average Bonchev–Trinajstić information content (AvgIpc) is 3.20. The first kappa shape index (κ1) is 19.7. The van der Waals surface area contributed by atoms with Gasteiger partial charge in [-0.3, -0.25) is 4.79 Å². The zero-order valence-electron chi connectivity index (χ0n) is 17.1. The van der Waals surface area contributed by atoms with Crippen LogP contribution in [0.2, 0.25) is 0 Å². The topological polar surface area (TPSA) is 81.9 Å². The number of para-hydroxylation sites is 1. The van der Waals surface area contributed by atoms with Crippen LogP contribution in [0.3, 0.4) is 0 Å². The van der Waals surface area contributed by atoms with Gasteiger partial charge in [-0.15, -0.1) is 11.3 Å². The Balaban J connectivity index is 1.55. The van der Waals surface area contributed by atoms with Crippen molar-refractivity contribution in [2.24, 2.45) is 0 Å². The molecule has 0 N–H and O–H groups in total. The molecule has 0 saturated carbocycles. The van der Waals surface area contributed by atoms with Crippen molar-refractivity contribution in [2.75, 3.05) is 26.3 Å². The molecule has 158 valence electrons. The second-order valence-corrected chi connectivity index (χ2v) is 8.41. The fourth-order valence-electron chi connectivity index (χ4n) is 3.72. The molecule has 1 fully saturated rings. The minimum absolute atomic E-state index is 0.146. The number of carbonyl (C=O) groups excluding carboxylic acids is 1. The Morgan fingerprint density at radius 3 is 2.68 bits per heavy atom. The molecule has 0 atom stereocenters. The molecule has 0 spiro atoms. The van der Waals surface area contributed by atoms with Crippen LogP contribution in [-0.4, -0.2) is 42.3 Å². The van der Waals surface area contributed by atoms with E-state index in [1.54, 1.807) is 30.9 Å². The van der Waals surface area contributed by atoms with E-state index in [4.69, 9.17) is 13.9 Å². The molecule has 7 nitrogen and oxygen atoms in total. The van der Waals surface area contributed by atoms with Crippen molar-refractivity contribution in [3.8, 4) is 16.3 Å².